The zero-order chi connectivity index (χ0) is 24.4. The molecule has 1 nitrogen and oxygen atoms in total. The van der Waals surface area contributed by atoms with Crippen LogP contribution in [0.2, 0.25) is 0 Å². The molecule has 6 aromatic rings. The number of hydrogen-bond acceptors (Lipinski definition) is 0. The van der Waals surface area contributed by atoms with Gasteiger partial charge in [-0.15, -0.1) is 0 Å². The van der Waals surface area contributed by atoms with E-state index >= 15 is 0 Å². The molecule has 0 spiro atoms. The third kappa shape index (κ3) is 3.16. The van der Waals surface area contributed by atoms with Crippen LogP contribution in [0.25, 0.3) is 55.4 Å². The summed E-state index contributed by atoms with van der Waals surface area (Å²) in [5, 5.41) is 6.60. The normalized spacial score (nSPS) is 13.5. The fourth-order valence-corrected chi connectivity index (χ4v) is 5.95. The summed E-state index contributed by atoms with van der Waals surface area (Å²) in [6.45, 7) is 6.89. The molecule has 1 aromatic heterocycles. The van der Waals surface area contributed by atoms with Gasteiger partial charge < -0.3 is 4.98 Å². The largest absolute Gasteiger partial charge is 0.354 e. The molecule has 0 saturated heterocycles. The first-order valence-corrected chi connectivity index (χ1v) is 12.8. The zero-order valence-corrected chi connectivity index (χ0v) is 21.0. The van der Waals surface area contributed by atoms with Crippen LogP contribution in [0, 0.1) is 0 Å². The van der Waals surface area contributed by atoms with E-state index in [1.807, 2.05) is 0 Å². The predicted octanol–water partition coefficient (Wildman–Crippen LogP) is 9.54. The van der Waals surface area contributed by atoms with Gasteiger partial charge in [-0.05, 0) is 55.5 Å². The first-order chi connectivity index (χ1) is 17.5. The molecule has 1 aliphatic rings. The Balaban J connectivity index is 1.64. The van der Waals surface area contributed by atoms with Crippen LogP contribution in [0.5, 0.6) is 0 Å². The lowest BCUT2D eigenvalue weighted by atomic mass is 9.84. The number of hydrogen-bond donors (Lipinski definition) is 1. The third-order valence-electron chi connectivity index (χ3n) is 7.82. The van der Waals surface area contributed by atoms with Crippen LogP contribution in [0.4, 0.5) is 0 Å². The Hall–Kier alpha value is -4.10. The fourth-order valence-electron chi connectivity index (χ4n) is 5.95. The highest BCUT2D eigenvalue weighted by Gasteiger charge is 2.25. The molecule has 0 unspecified atom stereocenters. The zero-order valence-electron chi connectivity index (χ0n) is 21.0. The second kappa shape index (κ2) is 7.70. The standard InChI is InChI=1S/C35H29N/c1-35(2,3)25-18-17-23-19-24(22-11-5-4-6-12-22)20-31-32-28-15-9-7-13-26(28)27-14-8-10-16-29(27)34(32)36-33(31)30(23)21-25/h4-19,21,36H,20H2,1-3H3. The van der Waals surface area contributed by atoms with Crippen LogP contribution < -0.4 is 0 Å². The highest BCUT2D eigenvalue weighted by molar-refractivity contribution is 6.26. The summed E-state index contributed by atoms with van der Waals surface area (Å²) >= 11 is 0. The Morgan fingerprint density at radius 1 is 0.667 bits per heavy atom. The molecule has 0 amide bonds. The molecule has 0 atom stereocenters. The highest BCUT2D eigenvalue weighted by atomic mass is 14.7. The van der Waals surface area contributed by atoms with Gasteiger partial charge in [0.2, 0.25) is 0 Å². The smallest absolute Gasteiger partial charge is 0.0547 e. The monoisotopic (exact) mass is 463 g/mol. The van der Waals surface area contributed by atoms with Crippen molar-refractivity contribution in [3.8, 4) is 11.3 Å². The van der Waals surface area contributed by atoms with Crippen molar-refractivity contribution in [3.63, 3.8) is 0 Å². The van der Waals surface area contributed by atoms with E-state index in [1.165, 1.54) is 71.5 Å². The van der Waals surface area contributed by atoms with Crippen molar-refractivity contribution in [1.29, 1.82) is 0 Å². The van der Waals surface area contributed by atoms with Crippen LogP contribution in [0.1, 0.15) is 43.0 Å². The fraction of sp³-hybridized carbons (Fsp3) is 0.143. The topological polar surface area (TPSA) is 15.8 Å². The first kappa shape index (κ1) is 21.2. The van der Waals surface area contributed by atoms with E-state index < -0.39 is 0 Å². The summed E-state index contributed by atoms with van der Waals surface area (Å²) in [6, 6.07) is 35.6. The van der Waals surface area contributed by atoms with Gasteiger partial charge in [-0.1, -0.05) is 118 Å². The molecule has 5 aromatic carbocycles. The molecule has 0 radical (unpaired) electrons. The van der Waals surface area contributed by atoms with Gasteiger partial charge in [-0.3, -0.25) is 0 Å². The minimum absolute atomic E-state index is 0.0822. The van der Waals surface area contributed by atoms with Crippen molar-refractivity contribution in [1.82, 2.24) is 4.98 Å². The van der Waals surface area contributed by atoms with Crippen molar-refractivity contribution >= 4 is 44.1 Å². The third-order valence-corrected chi connectivity index (χ3v) is 7.82. The molecule has 1 heterocycles. The van der Waals surface area contributed by atoms with Crippen molar-refractivity contribution in [2.45, 2.75) is 32.6 Å². The van der Waals surface area contributed by atoms with E-state index in [1.54, 1.807) is 0 Å². The highest BCUT2D eigenvalue weighted by Crippen LogP contribution is 2.45. The summed E-state index contributed by atoms with van der Waals surface area (Å²) in [6.07, 6.45) is 3.29. The SMILES string of the molecule is CC(C)(C)c1ccc2c(c1)-c1[nH]c3c4ccccc4c4ccccc4c3c1CC(c1ccccc1)=C2. The van der Waals surface area contributed by atoms with Crippen LogP contribution in [-0.4, -0.2) is 4.98 Å². The molecule has 0 bridgehead atoms. The minimum Gasteiger partial charge on any atom is -0.354 e. The van der Waals surface area contributed by atoms with Gasteiger partial charge in [0.15, 0.2) is 0 Å². The van der Waals surface area contributed by atoms with Gasteiger partial charge in [-0.2, -0.15) is 0 Å². The van der Waals surface area contributed by atoms with E-state index in [9.17, 15) is 0 Å². The molecule has 174 valence electrons. The molecule has 1 heteroatoms. The second-order valence-electron chi connectivity index (χ2n) is 11.1. The first-order valence-electron chi connectivity index (χ1n) is 12.8. The average Bonchev–Trinajstić information content (AvgIpc) is 3.20. The van der Waals surface area contributed by atoms with Gasteiger partial charge >= 0.3 is 0 Å². The lowest BCUT2D eigenvalue weighted by Crippen LogP contribution is -2.11. The Morgan fingerprint density at radius 2 is 1.31 bits per heavy atom. The Kier molecular flexibility index (Phi) is 4.53. The van der Waals surface area contributed by atoms with Gasteiger partial charge in [0, 0.05) is 22.8 Å². The maximum Gasteiger partial charge on any atom is 0.0547 e. The number of aromatic nitrogens is 1. The second-order valence-corrected chi connectivity index (χ2v) is 11.1. The predicted molar refractivity (Wildman–Crippen MR) is 155 cm³/mol. The van der Waals surface area contributed by atoms with E-state index in [0.29, 0.717) is 0 Å². The van der Waals surface area contributed by atoms with E-state index in [2.05, 4.69) is 129 Å². The molecule has 1 aliphatic carbocycles. The summed E-state index contributed by atoms with van der Waals surface area (Å²) in [5.41, 5.74) is 10.6. The number of benzene rings is 5. The molecule has 0 saturated carbocycles. The Labute approximate surface area is 212 Å². The molecular formula is C35H29N. The van der Waals surface area contributed by atoms with Gasteiger partial charge in [-0.25, -0.2) is 0 Å². The maximum absolute atomic E-state index is 3.96. The summed E-state index contributed by atoms with van der Waals surface area (Å²) in [4.78, 5) is 3.96. The van der Waals surface area contributed by atoms with E-state index in [-0.39, 0.29) is 5.41 Å². The maximum atomic E-state index is 3.96. The van der Waals surface area contributed by atoms with Crippen molar-refractivity contribution in [2.75, 3.05) is 0 Å². The molecular weight excluding hydrogens is 434 g/mol. The van der Waals surface area contributed by atoms with E-state index in [0.717, 1.165) is 6.42 Å². The minimum atomic E-state index is 0.0822. The lowest BCUT2D eigenvalue weighted by molar-refractivity contribution is 0.590. The molecule has 1 N–H and O–H groups in total. The number of fused-ring (bicyclic) bond motifs is 10. The number of aromatic amines is 1. The van der Waals surface area contributed by atoms with Crippen LogP contribution in [0.3, 0.4) is 0 Å². The summed E-state index contributed by atoms with van der Waals surface area (Å²) in [5.74, 6) is 0. The Bertz CT molecular complexity index is 1820. The molecule has 7 rings (SSSR count). The van der Waals surface area contributed by atoms with Gasteiger partial charge in [0.25, 0.3) is 0 Å². The van der Waals surface area contributed by atoms with Crippen LogP contribution >= 0.6 is 0 Å². The number of nitrogens with one attached hydrogen (secondary N) is 1. The van der Waals surface area contributed by atoms with Crippen molar-refractivity contribution < 1.29 is 0 Å². The Morgan fingerprint density at radius 3 is 2.03 bits per heavy atom. The van der Waals surface area contributed by atoms with Crippen molar-refractivity contribution in [3.05, 3.63) is 119 Å². The summed E-state index contributed by atoms with van der Waals surface area (Å²) in [7, 11) is 0. The molecule has 0 fully saturated rings. The van der Waals surface area contributed by atoms with Gasteiger partial charge in [0.1, 0.15) is 0 Å². The molecule has 0 aliphatic heterocycles. The number of rotatable bonds is 1. The van der Waals surface area contributed by atoms with Crippen LogP contribution in [0.15, 0.2) is 97.1 Å². The van der Waals surface area contributed by atoms with Gasteiger partial charge in [0.05, 0.1) is 11.2 Å². The quantitative estimate of drug-likeness (QED) is 0.234. The van der Waals surface area contributed by atoms with Crippen molar-refractivity contribution in [2.24, 2.45) is 0 Å². The van der Waals surface area contributed by atoms with Crippen LogP contribution in [-0.2, 0) is 11.8 Å². The van der Waals surface area contributed by atoms with E-state index in [4.69, 9.17) is 0 Å². The number of allylic oxidation sites excluding steroid dienone is 1. The summed E-state index contributed by atoms with van der Waals surface area (Å²) < 4.78 is 0. The number of H-pyrrole nitrogens is 1. The lowest BCUT2D eigenvalue weighted by Gasteiger charge is -2.20. The average molecular weight is 464 g/mol. The molecule has 36 heavy (non-hydrogen) atoms.